The highest BCUT2D eigenvalue weighted by molar-refractivity contribution is 5.76. The van der Waals surface area contributed by atoms with Gasteiger partial charge < -0.3 is 10.1 Å². The average molecular weight is 408 g/mol. The molecule has 0 spiro atoms. The highest BCUT2D eigenvalue weighted by Crippen LogP contribution is 2.41. The van der Waals surface area contributed by atoms with Crippen molar-refractivity contribution in [3.05, 3.63) is 59.7 Å². The Balaban J connectivity index is 1.53. The van der Waals surface area contributed by atoms with Crippen molar-refractivity contribution < 1.29 is 9.53 Å². The molecule has 1 amide bonds. The van der Waals surface area contributed by atoms with Crippen LogP contribution in [0, 0.1) is 12.3 Å². The van der Waals surface area contributed by atoms with Crippen LogP contribution in [0.1, 0.15) is 49.7 Å². The molecule has 4 rings (SSSR count). The summed E-state index contributed by atoms with van der Waals surface area (Å²) in [6.07, 6.45) is 5.86. The molecule has 0 saturated heterocycles. The van der Waals surface area contributed by atoms with E-state index >= 15 is 0 Å². The number of carbonyl (C=O) groups is 1. The zero-order chi connectivity index (χ0) is 21.3. The van der Waals surface area contributed by atoms with E-state index in [0.29, 0.717) is 13.0 Å². The first-order valence-electron chi connectivity index (χ1n) is 10.4. The van der Waals surface area contributed by atoms with Gasteiger partial charge in [0.25, 0.3) is 0 Å². The van der Waals surface area contributed by atoms with Gasteiger partial charge in [0, 0.05) is 30.4 Å². The van der Waals surface area contributed by atoms with Gasteiger partial charge in [-0.25, -0.2) is 4.68 Å². The number of hydrogen-bond acceptors (Lipinski definition) is 4. The average Bonchev–Trinajstić information content (AvgIpc) is 3.31. The van der Waals surface area contributed by atoms with Crippen molar-refractivity contribution in [2.75, 3.05) is 7.11 Å². The number of rotatable bonds is 6. The number of methoxy groups -OCH3 is 1. The number of carbonyl (C=O) groups excluding carboxylic acids is 1. The number of aromatic nitrogens is 4. The van der Waals surface area contributed by atoms with Crippen LogP contribution in [0.3, 0.4) is 0 Å². The summed E-state index contributed by atoms with van der Waals surface area (Å²) in [6.45, 7) is 7.06. The number of amides is 1. The maximum atomic E-state index is 12.7. The lowest BCUT2D eigenvalue weighted by molar-refractivity contribution is -0.122. The summed E-state index contributed by atoms with van der Waals surface area (Å²) < 4.78 is 9.11. The zero-order valence-corrected chi connectivity index (χ0v) is 18.1. The van der Waals surface area contributed by atoms with Gasteiger partial charge in [0.2, 0.25) is 5.91 Å². The standard InChI is InChI=1S/C23H29N5O2/c1-16-9-11-24-27(16)12-10-22(29)26-20-13-23(2,3)14-21-19(20)15-25-28(21)17-5-7-18(30-4)8-6-17/h5-9,11,15,20H,10,12-14H2,1-4H3,(H,26,29)/t20-/m1/s1. The fourth-order valence-electron chi connectivity index (χ4n) is 4.22. The minimum absolute atomic E-state index is 0.0377. The molecule has 3 aromatic rings. The molecule has 7 nitrogen and oxygen atoms in total. The number of aryl methyl sites for hydroxylation is 2. The van der Waals surface area contributed by atoms with E-state index < -0.39 is 0 Å². The molecule has 30 heavy (non-hydrogen) atoms. The Morgan fingerprint density at radius 2 is 2.00 bits per heavy atom. The first-order chi connectivity index (χ1) is 14.4. The Labute approximate surface area is 177 Å². The van der Waals surface area contributed by atoms with Crippen molar-refractivity contribution in [1.82, 2.24) is 24.9 Å². The number of nitrogens with one attached hydrogen (secondary N) is 1. The Kier molecular flexibility index (Phi) is 5.37. The monoisotopic (exact) mass is 407 g/mol. The molecule has 0 bridgehead atoms. The number of benzene rings is 1. The van der Waals surface area contributed by atoms with Gasteiger partial charge in [-0.3, -0.25) is 9.48 Å². The Hall–Kier alpha value is -3.09. The third kappa shape index (κ3) is 4.10. The first-order valence-corrected chi connectivity index (χ1v) is 10.4. The lowest BCUT2D eigenvalue weighted by Gasteiger charge is -2.36. The van der Waals surface area contributed by atoms with Crippen LogP contribution in [0.5, 0.6) is 5.75 Å². The summed E-state index contributed by atoms with van der Waals surface area (Å²) in [6, 6.07) is 9.80. The van der Waals surface area contributed by atoms with Gasteiger partial charge in [0.1, 0.15) is 5.75 Å². The van der Waals surface area contributed by atoms with Crippen LogP contribution in [0.25, 0.3) is 5.69 Å². The summed E-state index contributed by atoms with van der Waals surface area (Å²) in [7, 11) is 1.66. The minimum Gasteiger partial charge on any atom is -0.497 e. The van der Waals surface area contributed by atoms with Crippen molar-refractivity contribution >= 4 is 5.91 Å². The smallest absolute Gasteiger partial charge is 0.222 e. The second kappa shape index (κ2) is 7.97. The number of fused-ring (bicyclic) bond motifs is 1. The molecule has 1 N–H and O–H groups in total. The highest BCUT2D eigenvalue weighted by atomic mass is 16.5. The maximum absolute atomic E-state index is 12.7. The van der Waals surface area contributed by atoms with E-state index in [9.17, 15) is 4.79 Å². The highest BCUT2D eigenvalue weighted by Gasteiger charge is 2.36. The van der Waals surface area contributed by atoms with E-state index in [0.717, 1.165) is 41.2 Å². The van der Waals surface area contributed by atoms with Gasteiger partial charge in [-0.05, 0) is 55.5 Å². The summed E-state index contributed by atoms with van der Waals surface area (Å²) in [4.78, 5) is 12.7. The molecule has 1 aromatic carbocycles. The second-order valence-corrected chi connectivity index (χ2v) is 8.77. The van der Waals surface area contributed by atoms with Crippen LogP contribution in [0.4, 0.5) is 0 Å². The normalized spacial score (nSPS) is 17.4. The van der Waals surface area contributed by atoms with Crippen molar-refractivity contribution in [3.8, 4) is 11.4 Å². The second-order valence-electron chi connectivity index (χ2n) is 8.77. The van der Waals surface area contributed by atoms with Gasteiger partial charge in [-0.15, -0.1) is 0 Å². The largest absolute Gasteiger partial charge is 0.497 e. The van der Waals surface area contributed by atoms with Crippen LogP contribution in [0.2, 0.25) is 0 Å². The van der Waals surface area contributed by atoms with Crippen molar-refractivity contribution in [1.29, 1.82) is 0 Å². The van der Waals surface area contributed by atoms with E-state index in [-0.39, 0.29) is 17.4 Å². The first kappa shape index (κ1) is 20.2. The number of nitrogens with zero attached hydrogens (tertiary/aromatic N) is 4. The molecular weight excluding hydrogens is 378 g/mol. The van der Waals surface area contributed by atoms with E-state index in [1.807, 2.05) is 52.8 Å². The van der Waals surface area contributed by atoms with E-state index in [2.05, 4.69) is 29.4 Å². The van der Waals surface area contributed by atoms with Crippen LogP contribution < -0.4 is 10.1 Å². The van der Waals surface area contributed by atoms with Crippen LogP contribution >= 0.6 is 0 Å². The van der Waals surface area contributed by atoms with Crippen molar-refractivity contribution in [3.63, 3.8) is 0 Å². The van der Waals surface area contributed by atoms with Crippen LogP contribution in [-0.2, 0) is 17.8 Å². The molecule has 7 heteroatoms. The van der Waals surface area contributed by atoms with Gasteiger partial charge in [0.15, 0.2) is 0 Å². The molecule has 0 saturated carbocycles. The van der Waals surface area contributed by atoms with Crippen LogP contribution in [0.15, 0.2) is 42.7 Å². The van der Waals surface area contributed by atoms with Crippen molar-refractivity contribution in [2.45, 2.75) is 52.6 Å². The maximum Gasteiger partial charge on any atom is 0.222 e. The molecule has 0 radical (unpaired) electrons. The third-order valence-electron chi connectivity index (χ3n) is 5.81. The predicted molar refractivity (Wildman–Crippen MR) is 115 cm³/mol. The Morgan fingerprint density at radius 1 is 1.23 bits per heavy atom. The van der Waals surface area contributed by atoms with Crippen LogP contribution in [-0.4, -0.2) is 32.6 Å². The molecular formula is C23H29N5O2. The fourth-order valence-corrected chi connectivity index (χ4v) is 4.22. The molecule has 1 atom stereocenters. The SMILES string of the molecule is COc1ccc(-n2ncc3c2CC(C)(C)C[C@H]3NC(=O)CCn2nccc2C)cc1. The number of ether oxygens (including phenoxy) is 1. The lowest BCUT2D eigenvalue weighted by atomic mass is 9.74. The van der Waals surface area contributed by atoms with Gasteiger partial charge in [0.05, 0.1) is 30.7 Å². The minimum atomic E-state index is -0.0398. The molecule has 0 unspecified atom stereocenters. The fraction of sp³-hybridized carbons (Fsp3) is 0.435. The van der Waals surface area contributed by atoms with Gasteiger partial charge in [-0.2, -0.15) is 10.2 Å². The molecule has 2 aromatic heterocycles. The summed E-state index contributed by atoms with van der Waals surface area (Å²) in [5.41, 5.74) is 4.38. The quantitative estimate of drug-likeness (QED) is 0.677. The number of hydrogen-bond donors (Lipinski definition) is 1. The predicted octanol–water partition coefficient (Wildman–Crippen LogP) is 3.61. The third-order valence-corrected chi connectivity index (χ3v) is 5.81. The van der Waals surface area contributed by atoms with E-state index in [1.54, 1.807) is 13.3 Å². The Bertz CT molecular complexity index is 1030. The molecule has 1 aliphatic rings. The Morgan fingerprint density at radius 3 is 2.67 bits per heavy atom. The molecule has 2 heterocycles. The zero-order valence-electron chi connectivity index (χ0n) is 18.1. The lowest BCUT2D eigenvalue weighted by Crippen LogP contribution is -2.37. The van der Waals surface area contributed by atoms with E-state index in [4.69, 9.17) is 4.74 Å². The summed E-state index contributed by atoms with van der Waals surface area (Å²) in [5, 5.41) is 12.2. The molecule has 0 fully saturated rings. The van der Waals surface area contributed by atoms with E-state index in [1.165, 1.54) is 0 Å². The van der Waals surface area contributed by atoms with Gasteiger partial charge in [-0.1, -0.05) is 13.8 Å². The van der Waals surface area contributed by atoms with Crippen molar-refractivity contribution in [2.24, 2.45) is 5.41 Å². The molecule has 1 aliphatic carbocycles. The summed E-state index contributed by atoms with van der Waals surface area (Å²) in [5.74, 6) is 0.855. The summed E-state index contributed by atoms with van der Waals surface area (Å²) >= 11 is 0. The molecule has 158 valence electrons. The van der Waals surface area contributed by atoms with Gasteiger partial charge >= 0.3 is 0 Å². The molecule has 0 aliphatic heterocycles. The topological polar surface area (TPSA) is 74.0 Å².